The van der Waals surface area contributed by atoms with Crippen molar-refractivity contribution in [2.75, 3.05) is 11.8 Å². The topological polar surface area (TPSA) is 94.3 Å². The molecule has 144 valence electrons. The van der Waals surface area contributed by atoms with Crippen LogP contribution in [-0.2, 0) is 4.74 Å². The molecule has 1 aliphatic rings. The molecule has 3 heterocycles. The van der Waals surface area contributed by atoms with Crippen molar-refractivity contribution in [1.29, 1.82) is 0 Å². The Kier molecular flexibility index (Phi) is 4.62. The predicted molar refractivity (Wildman–Crippen MR) is 105 cm³/mol. The van der Waals surface area contributed by atoms with E-state index in [2.05, 4.69) is 0 Å². The summed E-state index contributed by atoms with van der Waals surface area (Å²) in [6.45, 7) is 3.91. The third kappa shape index (κ3) is 2.86. The number of hydrogen-bond donors (Lipinski definition) is 1. The minimum absolute atomic E-state index is 0.0775. The molecule has 0 fully saturated rings. The summed E-state index contributed by atoms with van der Waals surface area (Å²) < 4.78 is 6.97. The number of ether oxygens (including phenoxy) is 1. The van der Waals surface area contributed by atoms with E-state index in [1.54, 1.807) is 29.7 Å². The molecule has 0 saturated carbocycles. The van der Waals surface area contributed by atoms with E-state index in [1.807, 2.05) is 19.1 Å². The highest BCUT2D eigenvalue weighted by Gasteiger charge is 2.40. The van der Waals surface area contributed by atoms with E-state index in [9.17, 15) is 14.8 Å². The molecule has 7 nitrogen and oxygen atoms in total. The summed E-state index contributed by atoms with van der Waals surface area (Å²) in [5, 5.41) is 19.2. The van der Waals surface area contributed by atoms with E-state index >= 15 is 0 Å². The van der Waals surface area contributed by atoms with Gasteiger partial charge in [0.05, 0.1) is 33.5 Å². The van der Waals surface area contributed by atoms with Crippen LogP contribution in [0.1, 0.15) is 44.1 Å². The van der Waals surface area contributed by atoms with Crippen molar-refractivity contribution in [1.82, 2.24) is 4.40 Å². The lowest BCUT2D eigenvalue weighted by Crippen LogP contribution is -2.09. The van der Waals surface area contributed by atoms with E-state index in [0.717, 1.165) is 5.56 Å². The maximum atomic E-state index is 13.2. The summed E-state index contributed by atoms with van der Waals surface area (Å²) in [6.07, 6.45) is 1.79. The first-order valence-corrected chi connectivity index (χ1v) is 9.59. The third-order valence-corrected chi connectivity index (χ3v) is 6.01. The molecule has 0 saturated heterocycles. The summed E-state index contributed by atoms with van der Waals surface area (Å²) in [7, 11) is 0. The molecule has 0 bridgehead atoms. The van der Waals surface area contributed by atoms with Crippen LogP contribution in [0.3, 0.4) is 0 Å². The number of rotatable bonds is 4. The minimum Gasteiger partial charge on any atom is -0.733 e. The van der Waals surface area contributed by atoms with Crippen LogP contribution in [0.15, 0.2) is 47.5 Å². The van der Waals surface area contributed by atoms with E-state index < -0.39 is 11.2 Å². The van der Waals surface area contributed by atoms with Crippen LogP contribution < -0.4 is 5.23 Å². The zero-order valence-corrected chi connectivity index (χ0v) is 16.0. The van der Waals surface area contributed by atoms with Gasteiger partial charge in [0.15, 0.2) is 5.78 Å². The number of aromatic nitrogens is 1. The molecule has 8 heteroatoms. The van der Waals surface area contributed by atoms with Crippen LogP contribution in [0, 0.1) is 12.1 Å². The summed E-state index contributed by atoms with van der Waals surface area (Å²) in [4.78, 5) is 26.4. The summed E-state index contributed by atoms with van der Waals surface area (Å²) in [5.74, 6) is -0.574. The van der Waals surface area contributed by atoms with Gasteiger partial charge in [0.2, 0.25) is 0 Å². The molecule has 1 N–H and O–H groups in total. The Balaban J connectivity index is 1.82. The second kappa shape index (κ2) is 6.97. The van der Waals surface area contributed by atoms with Crippen molar-refractivity contribution in [3.05, 3.63) is 70.2 Å². The monoisotopic (exact) mass is 397 g/mol. The largest absolute Gasteiger partial charge is 0.733 e. The first-order chi connectivity index (χ1) is 13.4. The molecule has 28 heavy (non-hydrogen) atoms. The van der Waals surface area contributed by atoms with Crippen molar-refractivity contribution < 1.29 is 19.5 Å². The predicted octanol–water partition coefficient (Wildman–Crippen LogP) is 4.15. The average molecular weight is 397 g/mol. The molecule has 1 aromatic carbocycles. The maximum absolute atomic E-state index is 13.2. The normalized spacial score (nSPS) is 15.7. The molecular formula is C20H17N2O5S-. The van der Waals surface area contributed by atoms with E-state index in [1.165, 1.54) is 23.9 Å². The van der Waals surface area contributed by atoms with Crippen LogP contribution in [0.2, 0.25) is 0 Å². The number of anilines is 1. The highest BCUT2D eigenvalue weighted by molar-refractivity contribution is 8.01. The van der Waals surface area contributed by atoms with E-state index in [-0.39, 0.29) is 23.3 Å². The Labute approximate surface area is 165 Å². The molecule has 0 radical (unpaired) electrons. The standard InChI is InChI=1S/C20H17N2O5S/c1-3-27-20(24)15-14-10-11(2)8-9-21(14)16-17(23)18(28-19(15)16)12-4-6-13(7-5-12)22(25)26/h4-10,18,25H,3H2,1-2H3/q-1. The third-order valence-electron chi connectivity index (χ3n) is 4.65. The Hall–Kier alpha value is -2.81. The first kappa shape index (κ1) is 18.5. The fourth-order valence-electron chi connectivity index (χ4n) is 3.37. The highest BCUT2D eigenvalue weighted by Crippen LogP contribution is 2.50. The lowest BCUT2D eigenvalue weighted by Gasteiger charge is -2.22. The maximum Gasteiger partial charge on any atom is 0.341 e. The van der Waals surface area contributed by atoms with Gasteiger partial charge < -0.3 is 19.6 Å². The smallest absolute Gasteiger partial charge is 0.341 e. The van der Waals surface area contributed by atoms with E-state index in [4.69, 9.17) is 9.94 Å². The fourth-order valence-corrected chi connectivity index (χ4v) is 4.74. The lowest BCUT2D eigenvalue weighted by atomic mass is 10.1. The van der Waals surface area contributed by atoms with Crippen LogP contribution in [0.25, 0.3) is 5.52 Å². The number of esters is 1. The number of carbonyl (C=O) groups excluding carboxylic acids is 2. The molecular weight excluding hydrogens is 380 g/mol. The van der Waals surface area contributed by atoms with Crippen molar-refractivity contribution in [2.45, 2.75) is 24.0 Å². The number of Topliss-reactive ketones (excluding diaryl/α,β-unsaturated/α-hetero) is 1. The minimum atomic E-state index is -0.538. The molecule has 1 aliphatic heterocycles. The summed E-state index contributed by atoms with van der Waals surface area (Å²) in [5.41, 5.74) is 3.26. The van der Waals surface area contributed by atoms with Gasteiger partial charge in [-0.25, -0.2) is 4.79 Å². The lowest BCUT2D eigenvalue weighted by molar-refractivity contribution is 0.0525. The van der Waals surface area contributed by atoms with Gasteiger partial charge in [-0.05, 0) is 49.2 Å². The van der Waals surface area contributed by atoms with Crippen molar-refractivity contribution in [3.63, 3.8) is 0 Å². The molecule has 4 rings (SSSR count). The van der Waals surface area contributed by atoms with Crippen molar-refractivity contribution in [2.24, 2.45) is 0 Å². The summed E-state index contributed by atoms with van der Waals surface area (Å²) >= 11 is 1.30. The molecule has 0 amide bonds. The highest BCUT2D eigenvalue weighted by atomic mass is 32.2. The van der Waals surface area contributed by atoms with E-state index in [0.29, 0.717) is 27.2 Å². The van der Waals surface area contributed by atoms with Gasteiger partial charge in [-0.1, -0.05) is 12.1 Å². The Bertz CT molecular complexity index is 1090. The molecule has 1 atom stereocenters. The number of nitrogens with zero attached hydrogens (tertiary/aromatic N) is 2. The van der Waals surface area contributed by atoms with Gasteiger partial charge in [0.25, 0.3) is 0 Å². The molecule has 0 aliphatic carbocycles. The van der Waals surface area contributed by atoms with Crippen LogP contribution in [0.5, 0.6) is 0 Å². The van der Waals surface area contributed by atoms with Crippen molar-refractivity contribution >= 4 is 34.7 Å². The van der Waals surface area contributed by atoms with Crippen LogP contribution in [-0.4, -0.2) is 28.0 Å². The Morgan fingerprint density at radius 2 is 2.04 bits per heavy atom. The summed E-state index contributed by atoms with van der Waals surface area (Å²) in [6, 6.07) is 9.89. The van der Waals surface area contributed by atoms with Crippen molar-refractivity contribution in [3.8, 4) is 0 Å². The second-order valence-corrected chi connectivity index (χ2v) is 7.57. The zero-order valence-electron chi connectivity index (χ0n) is 15.2. The van der Waals surface area contributed by atoms with Gasteiger partial charge >= 0.3 is 5.97 Å². The number of thioether (sulfide) groups is 1. The fraction of sp³-hybridized carbons (Fsp3) is 0.200. The molecule has 3 aromatic rings. The van der Waals surface area contributed by atoms with Gasteiger partial charge in [0.1, 0.15) is 5.69 Å². The number of hydrogen-bond acceptors (Lipinski definition) is 7. The average Bonchev–Trinajstić information content (AvgIpc) is 3.16. The number of benzene rings is 1. The number of fused-ring (bicyclic) bond motifs is 3. The Morgan fingerprint density at radius 3 is 2.68 bits per heavy atom. The van der Waals surface area contributed by atoms with Gasteiger partial charge in [-0.15, -0.1) is 11.8 Å². The number of pyridine rings is 1. The quantitative estimate of drug-likeness (QED) is 0.522. The number of ketones is 1. The van der Waals surface area contributed by atoms with Gasteiger partial charge in [-0.2, -0.15) is 0 Å². The number of aryl methyl sites for hydroxylation is 1. The number of carbonyl (C=O) groups is 2. The van der Waals surface area contributed by atoms with Crippen LogP contribution >= 0.6 is 11.8 Å². The molecule has 1 unspecified atom stereocenters. The molecule has 2 aromatic heterocycles. The Morgan fingerprint density at radius 1 is 1.32 bits per heavy atom. The zero-order chi connectivity index (χ0) is 20.0. The second-order valence-electron chi connectivity index (χ2n) is 6.46. The van der Waals surface area contributed by atoms with Gasteiger partial charge in [0, 0.05) is 6.20 Å². The van der Waals surface area contributed by atoms with Crippen LogP contribution in [0.4, 0.5) is 5.69 Å². The SMILES string of the molecule is CCOC(=O)c1c2c(n3ccc(C)cc13)C(=O)C(c1ccc(N([O-])O)cc1)S2. The van der Waals surface area contributed by atoms with Gasteiger partial charge in [-0.3, -0.25) is 10.0 Å². The molecule has 0 spiro atoms. The first-order valence-electron chi connectivity index (χ1n) is 8.71.